The van der Waals surface area contributed by atoms with Gasteiger partial charge >= 0.3 is 12.3 Å². The smallest absolute Gasteiger partial charge is 0.416 e. The Morgan fingerprint density at radius 2 is 1.87 bits per heavy atom. The molecule has 23 heavy (non-hydrogen) atoms. The van der Waals surface area contributed by atoms with Gasteiger partial charge in [0.1, 0.15) is 5.60 Å². The number of rotatable bonds is 4. The lowest BCUT2D eigenvalue weighted by Crippen LogP contribution is -2.50. The Kier molecular flexibility index (Phi) is 5.63. The number of hydrogen-bond acceptors (Lipinski definition) is 4. The van der Waals surface area contributed by atoms with E-state index in [0.717, 1.165) is 18.2 Å². The molecule has 8 heteroatoms. The number of carboxylic acid groups (broad SMARTS) is 1. The Morgan fingerprint density at radius 3 is 2.35 bits per heavy atom. The van der Waals surface area contributed by atoms with Crippen molar-refractivity contribution in [3.05, 3.63) is 35.4 Å². The minimum atomic E-state index is -4.54. The summed E-state index contributed by atoms with van der Waals surface area (Å²) in [6, 6.07) is 2.69. The molecule has 1 amide bonds. The van der Waals surface area contributed by atoms with Gasteiger partial charge in [-0.05, 0) is 38.8 Å². The van der Waals surface area contributed by atoms with E-state index in [4.69, 9.17) is 4.74 Å². The van der Waals surface area contributed by atoms with E-state index in [1.54, 1.807) is 20.8 Å². The molecule has 0 fully saturated rings. The zero-order valence-corrected chi connectivity index (χ0v) is 12.9. The molecule has 0 heterocycles. The lowest BCUT2D eigenvalue weighted by atomic mass is 10.0. The molecule has 128 valence electrons. The highest BCUT2D eigenvalue weighted by Gasteiger charge is 2.30. The summed E-state index contributed by atoms with van der Waals surface area (Å²) in [4.78, 5) is 22.7. The monoisotopic (exact) mass is 332 g/mol. The van der Waals surface area contributed by atoms with Crippen molar-refractivity contribution in [1.82, 2.24) is 5.32 Å². The maximum atomic E-state index is 12.6. The highest BCUT2D eigenvalue weighted by atomic mass is 19.4. The lowest BCUT2D eigenvalue weighted by molar-refractivity contribution is -0.308. The molecule has 0 saturated heterocycles. The Hall–Kier alpha value is -2.25. The molecule has 0 aromatic heterocycles. The summed E-state index contributed by atoms with van der Waals surface area (Å²) in [7, 11) is 0. The maximum Gasteiger partial charge on any atom is 0.416 e. The number of aliphatic carboxylic acids is 1. The first kappa shape index (κ1) is 18.8. The average molecular weight is 332 g/mol. The van der Waals surface area contributed by atoms with Gasteiger partial charge < -0.3 is 20.0 Å². The van der Waals surface area contributed by atoms with E-state index in [2.05, 4.69) is 5.32 Å². The Balaban J connectivity index is 2.85. The second kappa shape index (κ2) is 6.89. The molecule has 5 nitrogen and oxygen atoms in total. The zero-order chi connectivity index (χ0) is 17.8. The fourth-order valence-corrected chi connectivity index (χ4v) is 1.75. The Bertz CT molecular complexity index is 579. The standard InChI is InChI=1S/C15H18F3NO4/c1-14(2,3)23-13(22)19-11(12(20)21)8-9-5-4-6-10(7-9)15(16,17)18/h4-7,11H,8H2,1-3H3,(H,19,22)(H,20,21)/p-1/t11-/m0/s1. The summed E-state index contributed by atoms with van der Waals surface area (Å²) >= 11 is 0. The van der Waals surface area contributed by atoms with Crippen LogP contribution in [-0.2, 0) is 22.1 Å². The van der Waals surface area contributed by atoms with Crippen molar-refractivity contribution in [2.45, 2.75) is 45.0 Å². The Labute approximate surface area is 131 Å². The molecule has 0 aliphatic heterocycles. The number of alkyl halides is 3. The SMILES string of the molecule is CC(C)(C)OC(=O)N[C@@H](Cc1cccc(C(F)(F)F)c1)C(=O)[O-]. The van der Waals surface area contributed by atoms with Gasteiger partial charge in [0.2, 0.25) is 0 Å². The van der Waals surface area contributed by atoms with Crippen molar-refractivity contribution in [3.8, 4) is 0 Å². The minimum Gasteiger partial charge on any atom is -0.548 e. The second-order valence-corrected chi connectivity index (χ2v) is 5.92. The molecule has 0 saturated carbocycles. The molecular formula is C15H17F3NO4-. The maximum absolute atomic E-state index is 12.6. The molecule has 1 atom stereocenters. The first-order chi connectivity index (χ1) is 10.4. The molecule has 0 radical (unpaired) electrons. The summed E-state index contributed by atoms with van der Waals surface area (Å²) in [5, 5.41) is 13.2. The third kappa shape index (κ3) is 6.58. The van der Waals surface area contributed by atoms with Crippen LogP contribution >= 0.6 is 0 Å². The summed E-state index contributed by atoms with van der Waals surface area (Å²) in [6.45, 7) is 4.77. The summed E-state index contributed by atoms with van der Waals surface area (Å²) in [6.07, 6.45) is -5.88. The zero-order valence-electron chi connectivity index (χ0n) is 12.9. The third-order valence-electron chi connectivity index (χ3n) is 2.67. The molecule has 1 aromatic rings. The first-order valence-electron chi connectivity index (χ1n) is 6.75. The van der Waals surface area contributed by atoms with Gasteiger partial charge in [-0.15, -0.1) is 0 Å². The Morgan fingerprint density at radius 1 is 1.26 bits per heavy atom. The van der Waals surface area contributed by atoms with Crippen LogP contribution in [0.5, 0.6) is 0 Å². The number of carboxylic acids is 1. The predicted molar refractivity (Wildman–Crippen MR) is 73.3 cm³/mol. The topological polar surface area (TPSA) is 78.5 Å². The number of carbonyl (C=O) groups is 2. The molecule has 0 bridgehead atoms. The van der Waals surface area contributed by atoms with Crippen molar-refractivity contribution in [1.29, 1.82) is 0 Å². The van der Waals surface area contributed by atoms with Crippen molar-refractivity contribution in [3.63, 3.8) is 0 Å². The van der Waals surface area contributed by atoms with Crippen LogP contribution in [0, 0.1) is 0 Å². The number of amides is 1. The van der Waals surface area contributed by atoms with Crippen molar-refractivity contribution >= 4 is 12.1 Å². The van der Waals surface area contributed by atoms with Gasteiger partial charge in [0, 0.05) is 0 Å². The molecule has 1 N–H and O–H groups in total. The van der Waals surface area contributed by atoms with Crippen molar-refractivity contribution < 1.29 is 32.6 Å². The van der Waals surface area contributed by atoms with Gasteiger partial charge in [-0.25, -0.2) is 4.79 Å². The number of benzene rings is 1. The quantitative estimate of drug-likeness (QED) is 0.913. The fourth-order valence-electron chi connectivity index (χ4n) is 1.75. The van der Waals surface area contributed by atoms with Crippen LogP contribution < -0.4 is 10.4 Å². The van der Waals surface area contributed by atoms with E-state index < -0.39 is 35.4 Å². The number of carbonyl (C=O) groups excluding carboxylic acids is 2. The number of ether oxygens (including phenoxy) is 1. The van der Waals surface area contributed by atoms with Crippen LogP contribution in [0.4, 0.5) is 18.0 Å². The van der Waals surface area contributed by atoms with E-state index in [-0.39, 0.29) is 12.0 Å². The predicted octanol–water partition coefficient (Wildman–Crippen LogP) is 1.89. The van der Waals surface area contributed by atoms with Gasteiger partial charge in [-0.3, -0.25) is 0 Å². The van der Waals surface area contributed by atoms with Gasteiger partial charge in [-0.2, -0.15) is 13.2 Å². The summed E-state index contributed by atoms with van der Waals surface area (Å²) in [5.41, 5.74) is -1.63. The molecule has 0 aliphatic rings. The van der Waals surface area contributed by atoms with E-state index in [0.29, 0.717) is 0 Å². The number of alkyl carbamates (subject to hydrolysis) is 1. The van der Waals surface area contributed by atoms with Gasteiger partial charge in [-0.1, -0.05) is 18.2 Å². The van der Waals surface area contributed by atoms with Gasteiger partial charge in [0.25, 0.3) is 0 Å². The van der Waals surface area contributed by atoms with Crippen LogP contribution in [0.2, 0.25) is 0 Å². The number of hydrogen-bond donors (Lipinski definition) is 1. The number of halogens is 3. The van der Waals surface area contributed by atoms with Crippen LogP contribution in [0.1, 0.15) is 31.9 Å². The van der Waals surface area contributed by atoms with Crippen molar-refractivity contribution in [2.24, 2.45) is 0 Å². The highest BCUT2D eigenvalue weighted by Crippen LogP contribution is 2.29. The van der Waals surface area contributed by atoms with Gasteiger partial charge in [0.05, 0.1) is 17.6 Å². The lowest BCUT2D eigenvalue weighted by Gasteiger charge is -2.24. The van der Waals surface area contributed by atoms with E-state index in [9.17, 15) is 27.9 Å². The van der Waals surface area contributed by atoms with Crippen LogP contribution in [0.3, 0.4) is 0 Å². The summed E-state index contributed by atoms with van der Waals surface area (Å²) in [5.74, 6) is -1.62. The second-order valence-electron chi connectivity index (χ2n) is 5.92. The van der Waals surface area contributed by atoms with E-state index in [1.165, 1.54) is 6.07 Å². The van der Waals surface area contributed by atoms with Crippen LogP contribution in [0.25, 0.3) is 0 Å². The summed E-state index contributed by atoms with van der Waals surface area (Å²) < 4.78 is 42.8. The first-order valence-corrected chi connectivity index (χ1v) is 6.75. The highest BCUT2D eigenvalue weighted by molar-refractivity contribution is 5.79. The third-order valence-corrected chi connectivity index (χ3v) is 2.67. The molecule has 0 unspecified atom stereocenters. The van der Waals surface area contributed by atoms with E-state index in [1.807, 2.05) is 0 Å². The number of nitrogens with one attached hydrogen (secondary N) is 1. The van der Waals surface area contributed by atoms with Gasteiger partial charge in [0.15, 0.2) is 0 Å². The molecule has 0 aliphatic carbocycles. The fraction of sp³-hybridized carbons (Fsp3) is 0.467. The minimum absolute atomic E-state index is 0.102. The van der Waals surface area contributed by atoms with Crippen molar-refractivity contribution in [2.75, 3.05) is 0 Å². The normalized spacial score (nSPS) is 13.3. The largest absolute Gasteiger partial charge is 0.548 e. The average Bonchev–Trinajstić information content (AvgIpc) is 2.35. The molecule has 1 rings (SSSR count). The molecule has 0 spiro atoms. The van der Waals surface area contributed by atoms with Crippen LogP contribution in [0.15, 0.2) is 24.3 Å². The molecular weight excluding hydrogens is 315 g/mol. The molecule has 1 aromatic carbocycles. The van der Waals surface area contributed by atoms with Crippen LogP contribution in [-0.4, -0.2) is 23.7 Å². The van der Waals surface area contributed by atoms with E-state index >= 15 is 0 Å².